The van der Waals surface area contributed by atoms with Crippen LogP contribution in [0.4, 0.5) is 0 Å². The Morgan fingerprint density at radius 1 is 1.44 bits per heavy atom. The summed E-state index contributed by atoms with van der Waals surface area (Å²) >= 11 is 0. The second-order valence-corrected chi connectivity index (χ2v) is 2.15. The van der Waals surface area contributed by atoms with Gasteiger partial charge in [0.25, 0.3) is 0 Å². The fraction of sp³-hybridized carbons (Fsp3) is 0.222. The van der Waals surface area contributed by atoms with Crippen LogP contribution in [0.3, 0.4) is 0 Å². The second kappa shape index (κ2) is 3.11. The maximum Gasteiger partial charge on any atom is -0.0135 e. The molecule has 0 aromatic rings. The lowest BCUT2D eigenvalue weighted by Crippen LogP contribution is -1.71. The molecule has 0 unspecified atom stereocenters. The Labute approximate surface area is 55.9 Å². The summed E-state index contributed by atoms with van der Waals surface area (Å²) in [5.74, 6) is 0. The average Bonchev–Trinajstić information content (AvgIpc) is 1.79. The molecule has 0 spiro atoms. The van der Waals surface area contributed by atoms with Crippen molar-refractivity contribution in [1.29, 1.82) is 0 Å². The van der Waals surface area contributed by atoms with Gasteiger partial charge in [-0.2, -0.15) is 0 Å². The zero-order chi connectivity index (χ0) is 6.53. The van der Waals surface area contributed by atoms with E-state index in [1.54, 1.807) is 0 Å². The van der Waals surface area contributed by atoms with E-state index in [1.807, 2.05) is 18.2 Å². The Balaban J connectivity index is 2.81. The number of hydrogen-bond donors (Lipinski definition) is 0. The van der Waals surface area contributed by atoms with Crippen molar-refractivity contribution in [3.63, 3.8) is 0 Å². The van der Waals surface area contributed by atoms with Crippen molar-refractivity contribution in [1.82, 2.24) is 0 Å². The third kappa shape index (κ3) is 2.16. The molecule has 0 radical (unpaired) electrons. The third-order valence-corrected chi connectivity index (χ3v) is 1.23. The van der Waals surface area contributed by atoms with E-state index in [1.165, 1.54) is 5.57 Å². The van der Waals surface area contributed by atoms with Gasteiger partial charge in [0, 0.05) is 0 Å². The number of allylic oxidation sites excluding steroid dienone is 5. The maximum atomic E-state index is 3.00. The predicted molar refractivity (Wildman–Crippen MR) is 40.2 cm³/mol. The van der Waals surface area contributed by atoms with Crippen LogP contribution in [0.2, 0.25) is 0 Å². The lowest BCUT2D eigenvalue weighted by molar-refractivity contribution is 1.21. The third-order valence-electron chi connectivity index (χ3n) is 1.23. The van der Waals surface area contributed by atoms with Crippen LogP contribution < -0.4 is 0 Å². The monoisotopic (exact) mass is 118 g/mol. The molecule has 0 atom stereocenters. The summed E-state index contributed by atoms with van der Waals surface area (Å²) in [5.41, 5.74) is 4.39. The van der Waals surface area contributed by atoms with Crippen LogP contribution in [0.15, 0.2) is 41.7 Å². The van der Waals surface area contributed by atoms with E-state index in [4.69, 9.17) is 0 Å². The molecule has 9 heavy (non-hydrogen) atoms. The summed E-state index contributed by atoms with van der Waals surface area (Å²) in [6.45, 7) is 2.12. The lowest BCUT2D eigenvalue weighted by atomic mass is 10.2. The van der Waals surface area contributed by atoms with Crippen molar-refractivity contribution in [3.05, 3.63) is 41.7 Å². The normalized spacial score (nSPS) is 26.1. The van der Waals surface area contributed by atoms with Crippen LogP contribution in [0.1, 0.15) is 13.3 Å². The van der Waals surface area contributed by atoms with Gasteiger partial charge < -0.3 is 0 Å². The predicted octanol–water partition coefficient (Wildman–Crippen LogP) is 2.60. The first-order valence-corrected chi connectivity index (χ1v) is 3.13. The highest BCUT2D eigenvalue weighted by Crippen LogP contribution is 2.02. The lowest BCUT2D eigenvalue weighted by Gasteiger charge is -1.91. The number of rotatable bonds is 0. The molecule has 0 N–H and O–H groups in total. The summed E-state index contributed by atoms with van der Waals surface area (Å²) in [5, 5.41) is 0. The minimum Gasteiger partial charge on any atom is -0.121 e. The second-order valence-electron chi connectivity index (χ2n) is 2.15. The first-order valence-electron chi connectivity index (χ1n) is 3.13. The van der Waals surface area contributed by atoms with E-state index in [-0.39, 0.29) is 0 Å². The fourth-order valence-corrected chi connectivity index (χ4v) is 0.691. The van der Waals surface area contributed by atoms with E-state index in [0.29, 0.717) is 0 Å². The van der Waals surface area contributed by atoms with Crippen molar-refractivity contribution in [3.8, 4) is 0 Å². The van der Waals surface area contributed by atoms with Crippen molar-refractivity contribution >= 4 is 0 Å². The van der Waals surface area contributed by atoms with Crippen LogP contribution in [0.5, 0.6) is 0 Å². The Bertz CT molecular complexity index is 198. The highest BCUT2D eigenvalue weighted by molar-refractivity contribution is 5.18. The smallest absolute Gasteiger partial charge is 0.0135 e. The zero-order valence-electron chi connectivity index (χ0n) is 5.59. The quantitative estimate of drug-likeness (QED) is 0.429. The van der Waals surface area contributed by atoms with Crippen LogP contribution in [0, 0.1) is 0 Å². The minimum absolute atomic E-state index is 1.06. The summed E-state index contributed by atoms with van der Waals surface area (Å²) in [6.07, 6.45) is 11.2. The summed E-state index contributed by atoms with van der Waals surface area (Å²) in [4.78, 5) is 0. The Morgan fingerprint density at radius 2 is 2.33 bits per heavy atom. The molecule has 0 bridgehead atoms. The van der Waals surface area contributed by atoms with Gasteiger partial charge in [-0.25, -0.2) is 0 Å². The van der Waals surface area contributed by atoms with Gasteiger partial charge in [-0.15, -0.1) is 5.73 Å². The molecule has 1 aliphatic rings. The highest BCUT2D eigenvalue weighted by atomic mass is 13.9. The van der Waals surface area contributed by atoms with Crippen molar-refractivity contribution in [2.24, 2.45) is 0 Å². The molecular formula is C9H10. The molecule has 1 rings (SSSR count). The van der Waals surface area contributed by atoms with E-state index in [2.05, 4.69) is 24.8 Å². The van der Waals surface area contributed by atoms with Gasteiger partial charge in [0.1, 0.15) is 0 Å². The molecule has 46 valence electrons. The highest BCUT2D eigenvalue weighted by Gasteiger charge is 1.81. The Kier molecular flexibility index (Phi) is 2.12. The van der Waals surface area contributed by atoms with Gasteiger partial charge in [-0.1, -0.05) is 23.8 Å². The molecule has 0 heterocycles. The van der Waals surface area contributed by atoms with Crippen LogP contribution in [-0.4, -0.2) is 0 Å². The van der Waals surface area contributed by atoms with Gasteiger partial charge in [-0.3, -0.25) is 0 Å². The van der Waals surface area contributed by atoms with Crippen molar-refractivity contribution in [2.75, 3.05) is 0 Å². The Hall–Kier alpha value is -1.00. The van der Waals surface area contributed by atoms with E-state index in [9.17, 15) is 0 Å². The molecule has 1 aliphatic carbocycles. The maximum absolute atomic E-state index is 3.00. The van der Waals surface area contributed by atoms with Gasteiger partial charge >= 0.3 is 0 Å². The first-order chi connectivity index (χ1) is 4.39. The zero-order valence-corrected chi connectivity index (χ0v) is 5.59. The SMILES string of the molecule is C/C1=C/C=C=C/C=C\C1. The summed E-state index contributed by atoms with van der Waals surface area (Å²) in [6, 6.07) is 0. The molecule has 0 nitrogen and oxygen atoms in total. The molecule has 0 amide bonds. The van der Waals surface area contributed by atoms with Gasteiger partial charge in [0.2, 0.25) is 0 Å². The van der Waals surface area contributed by atoms with E-state index >= 15 is 0 Å². The molecule has 0 aromatic carbocycles. The first kappa shape index (κ1) is 6.12. The average molecular weight is 118 g/mol. The van der Waals surface area contributed by atoms with Gasteiger partial charge in [0.15, 0.2) is 0 Å². The molecule has 0 fully saturated rings. The molecule has 0 heteroatoms. The van der Waals surface area contributed by atoms with Crippen molar-refractivity contribution in [2.45, 2.75) is 13.3 Å². The molecular weight excluding hydrogens is 108 g/mol. The van der Waals surface area contributed by atoms with Gasteiger partial charge in [-0.05, 0) is 25.5 Å². The standard InChI is InChI=1S/C9H10/c1-9-7-5-3-2-4-6-8-9/h2-3,5-6,8H,7H2,1H3/b5-3-,9-8-. The van der Waals surface area contributed by atoms with Crippen molar-refractivity contribution < 1.29 is 0 Å². The van der Waals surface area contributed by atoms with Crippen LogP contribution >= 0.6 is 0 Å². The summed E-state index contributed by atoms with van der Waals surface area (Å²) < 4.78 is 0. The fourth-order valence-electron chi connectivity index (χ4n) is 0.691. The Morgan fingerprint density at radius 3 is 3.22 bits per heavy atom. The van der Waals surface area contributed by atoms with Gasteiger partial charge in [0.05, 0.1) is 0 Å². The molecule has 0 saturated heterocycles. The topological polar surface area (TPSA) is 0 Å². The minimum atomic E-state index is 1.06. The van der Waals surface area contributed by atoms with E-state index < -0.39 is 0 Å². The molecule has 0 saturated carbocycles. The largest absolute Gasteiger partial charge is 0.121 e. The molecule has 0 aliphatic heterocycles. The summed E-state index contributed by atoms with van der Waals surface area (Å²) in [7, 11) is 0. The van der Waals surface area contributed by atoms with Crippen LogP contribution in [0.25, 0.3) is 0 Å². The number of hydrogen-bond acceptors (Lipinski definition) is 0. The van der Waals surface area contributed by atoms with E-state index in [0.717, 1.165) is 6.42 Å². The van der Waals surface area contributed by atoms with Crippen LogP contribution in [-0.2, 0) is 0 Å². The molecule has 0 aromatic heterocycles.